The van der Waals surface area contributed by atoms with Gasteiger partial charge in [-0.2, -0.15) is 0 Å². The van der Waals surface area contributed by atoms with Crippen LogP contribution in [0.15, 0.2) is 24.5 Å². The van der Waals surface area contributed by atoms with Gasteiger partial charge in [0.1, 0.15) is 0 Å². The molecule has 1 aliphatic carbocycles. The standard InChI is InChI=1S/C14H23N3/c1-17(10-13-4-8-16-9-5-13)12-14(11-15)6-2-3-7-14/h4-5,8-9H,2-3,6-7,10-12,15H2,1H3. The second kappa shape index (κ2) is 5.61. The summed E-state index contributed by atoms with van der Waals surface area (Å²) in [6, 6.07) is 4.17. The molecule has 0 bridgehead atoms. The highest BCUT2D eigenvalue weighted by Gasteiger charge is 2.33. The molecule has 0 aliphatic heterocycles. The van der Waals surface area contributed by atoms with Crippen molar-refractivity contribution in [2.24, 2.45) is 11.1 Å². The molecule has 2 N–H and O–H groups in total. The van der Waals surface area contributed by atoms with E-state index in [0.29, 0.717) is 5.41 Å². The third-order valence-electron chi connectivity index (χ3n) is 3.90. The zero-order chi connectivity index (χ0) is 12.1. The number of hydrogen-bond acceptors (Lipinski definition) is 3. The normalized spacial score (nSPS) is 18.8. The molecule has 1 saturated carbocycles. The average molecular weight is 233 g/mol. The molecular formula is C14H23N3. The molecule has 3 heteroatoms. The predicted octanol–water partition coefficient (Wildman–Crippen LogP) is 2.03. The maximum atomic E-state index is 5.97. The summed E-state index contributed by atoms with van der Waals surface area (Å²) < 4.78 is 0. The largest absolute Gasteiger partial charge is 0.330 e. The van der Waals surface area contributed by atoms with E-state index in [9.17, 15) is 0 Å². The van der Waals surface area contributed by atoms with E-state index in [1.54, 1.807) is 0 Å². The molecule has 0 unspecified atom stereocenters. The van der Waals surface area contributed by atoms with E-state index in [0.717, 1.165) is 19.6 Å². The molecular weight excluding hydrogens is 210 g/mol. The topological polar surface area (TPSA) is 42.2 Å². The highest BCUT2D eigenvalue weighted by Crippen LogP contribution is 2.37. The van der Waals surface area contributed by atoms with Gasteiger partial charge < -0.3 is 10.6 Å². The molecule has 94 valence electrons. The Hall–Kier alpha value is -0.930. The molecule has 2 rings (SSSR count). The number of rotatable bonds is 5. The molecule has 1 fully saturated rings. The van der Waals surface area contributed by atoms with Crippen LogP contribution in [-0.4, -0.2) is 30.0 Å². The van der Waals surface area contributed by atoms with Crippen molar-refractivity contribution in [1.29, 1.82) is 0 Å². The first kappa shape index (κ1) is 12.5. The lowest BCUT2D eigenvalue weighted by molar-refractivity contribution is 0.179. The number of pyridine rings is 1. The van der Waals surface area contributed by atoms with E-state index >= 15 is 0 Å². The lowest BCUT2D eigenvalue weighted by Crippen LogP contribution is -2.39. The molecule has 0 aromatic carbocycles. The third-order valence-corrected chi connectivity index (χ3v) is 3.90. The maximum Gasteiger partial charge on any atom is 0.0271 e. The van der Waals surface area contributed by atoms with Crippen molar-refractivity contribution >= 4 is 0 Å². The van der Waals surface area contributed by atoms with Crippen molar-refractivity contribution in [2.45, 2.75) is 32.2 Å². The summed E-state index contributed by atoms with van der Waals surface area (Å²) in [5.41, 5.74) is 7.68. The summed E-state index contributed by atoms with van der Waals surface area (Å²) in [7, 11) is 2.19. The van der Waals surface area contributed by atoms with E-state index in [4.69, 9.17) is 5.73 Å². The minimum absolute atomic E-state index is 0.377. The number of hydrogen-bond donors (Lipinski definition) is 1. The van der Waals surface area contributed by atoms with Crippen LogP contribution in [0.1, 0.15) is 31.2 Å². The number of aromatic nitrogens is 1. The zero-order valence-corrected chi connectivity index (χ0v) is 10.7. The Morgan fingerprint density at radius 3 is 2.53 bits per heavy atom. The van der Waals surface area contributed by atoms with Gasteiger partial charge in [0.05, 0.1) is 0 Å². The molecule has 0 radical (unpaired) electrons. The van der Waals surface area contributed by atoms with E-state index in [1.165, 1.54) is 31.2 Å². The Morgan fingerprint density at radius 2 is 1.94 bits per heavy atom. The van der Waals surface area contributed by atoms with Gasteiger partial charge in [-0.3, -0.25) is 4.98 Å². The average Bonchev–Trinajstić information content (AvgIpc) is 2.79. The first-order valence-electron chi connectivity index (χ1n) is 6.52. The highest BCUT2D eigenvalue weighted by molar-refractivity contribution is 5.09. The minimum atomic E-state index is 0.377. The van der Waals surface area contributed by atoms with Crippen LogP contribution in [0.2, 0.25) is 0 Å². The van der Waals surface area contributed by atoms with Crippen LogP contribution in [0.5, 0.6) is 0 Å². The molecule has 0 spiro atoms. The first-order chi connectivity index (χ1) is 8.24. The van der Waals surface area contributed by atoms with Crippen LogP contribution in [-0.2, 0) is 6.54 Å². The van der Waals surface area contributed by atoms with Crippen molar-refractivity contribution in [1.82, 2.24) is 9.88 Å². The van der Waals surface area contributed by atoms with Gasteiger partial charge in [-0.15, -0.1) is 0 Å². The smallest absolute Gasteiger partial charge is 0.0271 e. The Kier molecular flexibility index (Phi) is 4.13. The Balaban J connectivity index is 1.90. The van der Waals surface area contributed by atoms with Crippen LogP contribution in [0, 0.1) is 5.41 Å². The van der Waals surface area contributed by atoms with Crippen molar-refractivity contribution in [3.8, 4) is 0 Å². The van der Waals surface area contributed by atoms with Gasteiger partial charge in [-0.1, -0.05) is 12.8 Å². The van der Waals surface area contributed by atoms with Gasteiger partial charge in [0, 0.05) is 25.5 Å². The van der Waals surface area contributed by atoms with Gasteiger partial charge >= 0.3 is 0 Å². The Bertz CT molecular complexity index is 331. The lowest BCUT2D eigenvalue weighted by atomic mass is 9.86. The quantitative estimate of drug-likeness (QED) is 0.846. The van der Waals surface area contributed by atoms with Gasteiger partial charge in [0.25, 0.3) is 0 Å². The SMILES string of the molecule is CN(Cc1ccncc1)CC1(CN)CCCC1. The second-order valence-corrected chi connectivity index (χ2v) is 5.44. The third kappa shape index (κ3) is 3.27. The van der Waals surface area contributed by atoms with E-state index in [-0.39, 0.29) is 0 Å². The minimum Gasteiger partial charge on any atom is -0.330 e. The van der Waals surface area contributed by atoms with Crippen LogP contribution in [0.25, 0.3) is 0 Å². The number of nitrogens with two attached hydrogens (primary N) is 1. The Morgan fingerprint density at radius 1 is 1.29 bits per heavy atom. The van der Waals surface area contributed by atoms with Crippen LogP contribution in [0.4, 0.5) is 0 Å². The van der Waals surface area contributed by atoms with Crippen molar-refractivity contribution in [3.05, 3.63) is 30.1 Å². The lowest BCUT2D eigenvalue weighted by Gasteiger charge is -2.32. The Labute approximate surface area is 104 Å². The van der Waals surface area contributed by atoms with Crippen molar-refractivity contribution < 1.29 is 0 Å². The molecule has 0 atom stereocenters. The fourth-order valence-electron chi connectivity index (χ4n) is 2.98. The predicted molar refractivity (Wildman–Crippen MR) is 70.5 cm³/mol. The van der Waals surface area contributed by atoms with Gasteiger partial charge in [0.2, 0.25) is 0 Å². The van der Waals surface area contributed by atoms with Crippen molar-refractivity contribution in [3.63, 3.8) is 0 Å². The second-order valence-electron chi connectivity index (χ2n) is 5.44. The summed E-state index contributed by atoms with van der Waals surface area (Å²) >= 11 is 0. The molecule has 0 saturated heterocycles. The fraction of sp³-hybridized carbons (Fsp3) is 0.643. The zero-order valence-electron chi connectivity index (χ0n) is 10.7. The summed E-state index contributed by atoms with van der Waals surface area (Å²) in [6.45, 7) is 2.93. The first-order valence-corrected chi connectivity index (χ1v) is 6.52. The summed E-state index contributed by atoms with van der Waals surface area (Å²) in [5.74, 6) is 0. The van der Waals surface area contributed by atoms with Crippen LogP contribution < -0.4 is 5.73 Å². The molecule has 1 aromatic rings. The molecule has 1 aliphatic rings. The molecule has 1 aromatic heterocycles. The molecule has 1 heterocycles. The van der Waals surface area contributed by atoms with Crippen LogP contribution >= 0.6 is 0 Å². The van der Waals surface area contributed by atoms with Gasteiger partial charge in [0.15, 0.2) is 0 Å². The monoisotopic (exact) mass is 233 g/mol. The van der Waals surface area contributed by atoms with E-state index in [2.05, 4.69) is 29.1 Å². The van der Waals surface area contributed by atoms with E-state index < -0.39 is 0 Å². The summed E-state index contributed by atoms with van der Waals surface area (Å²) in [5, 5.41) is 0. The maximum absolute atomic E-state index is 5.97. The highest BCUT2D eigenvalue weighted by atomic mass is 15.1. The van der Waals surface area contributed by atoms with Crippen LogP contribution in [0.3, 0.4) is 0 Å². The molecule has 0 amide bonds. The van der Waals surface area contributed by atoms with Gasteiger partial charge in [-0.05, 0) is 49.5 Å². The molecule has 3 nitrogen and oxygen atoms in total. The van der Waals surface area contributed by atoms with Crippen molar-refractivity contribution in [2.75, 3.05) is 20.1 Å². The molecule has 17 heavy (non-hydrogen) atoms. The number of nitrogens with zero attached hydrogens (tertiary/aromatic N) is 2. The van der Waals surface area contributed by atoms with E-state index in [1.807, 2.05) is 12.4 Å². The fourth-order valence-corrected chi connectivity index (χ4v) is 2.98. The summed E-state index contributed by atoms with van der Waals surface area (Å²) in [4.78, 5) is 6.44. The van der Waals surface area contributed by atoms with Gasteiger partial charge in [-0.25, -0.2) is 0 Å². The summed E-state index contributed by atoms with van der Waals surface area (Å²) in [6.07, 6.45) is 9.00.